The number of pyridine rings is 1. The first kappa shape index (κ1) is 21.9. The molecule has 1 heterocycles. The Morgan fingerprint density at radius 1 is 1.21 bits per heavy atom. The minimum absolute atomic E-state index is 0.0566. The summed E-state index contributed by atoms with van der Waals surface area (Å²) in [5, 5.41) is 17.8. The molecule has 0 saturated carbocycles. The number of thioether (sulfide) groups is 1. The van der Waals surface area contributed by atoms with E-state index in [4.69, 9.17) is 5.14 Å². The van der Waals surface area contributed by atoms with E-state index in [0.717, 1.165) is 22.4 Å². The Balaban J connectivity index is 1.88. The number of benzene rings is 1. The Labute approximate surface area is 169 Å². The molecule has 0 aliphatic heterocycles. The van der Waals surface area contributed by atoms with Crippen LogP contribution in [0.15, 0.2) is 34.2 Å². The van der Waals surface area contributed by atoms with Crippen molar-refractivity contribution in [3.8, 4) is 6.07 Å². The summed E-state index contributed by atoms with van der Waals surface area (Å²) in [6.45, 7) is 6.11. The van der Waals surface area contributed by atoms with Gasteiger partial charge in [-0.05, 0) is 56.0 Å². The van der Waals surface area contributed by atoms with Crippen molar-refractivity contribution in [2.24, 2.45) is 5.14 Å². The summed E-state index contributed by atoms with van der Waals surface area (Å²) in [5.74, 6) is 0.00118. The fourth-order valence-corrected chi connectivity index (χ4v) is 3.95. The molecule has 0 fully saturated rings. The van der Waals surface area contributed by atoms with Crippen LogP contribution in [0, 0.1) is 32.1 Å². The number of carbonyl (C=O) groups is 1. The average molecular weight is 419 g/mol. The molecular weight excluding hydrogens is 396 g/mol. The Hall–Kier alpha value is -2.41. The first-order valence-corrected chi connectivity index (χ1v) is 11.1. The molecule has 0 atom stereocenters. The quantitative estimate of drug-likeness (QED) is 0.662. The van der Waals surface area contributed by atoms with Crippen molar-refractivity contribution in [3.63, 3.8) is 0 Å². The van der Waals surface area contributed by atoms with Crippen LogP contribution in [0.1, 0.15) is 27.9 Å². The van der Waals surface area contributed by atoms with Gasteiger partial charge in [-0.3, -0.25) is 4.79 Å². The van der Waals surface area contributed by atoms with Crippen molar-refractivity contribution in [1.29, 1.82) is 5.26 Å². The minimum atomic E-state index is -3.70. The molecule has 1 aromatic carbocycles. The number of rotatable bonds is 7. The first-order chi connectivity index (χ1) is 13.1. The maximum atomic E-state index is 12.1. The molecule has 0 saturated heterocycles. The highest BCUT2D eigenvalue weighted by molar-refractivity contribution is 8.00. The van der Waals surface area contributed by atoms with Crippen molar-refractivity contribution >= 4 is 27.7 Å². The Morgan fingerprint density at radius 2 is 1.86 bits per heavy atom. The highest BCUT2D eigenvalue weighted by atomic mass is 32.2. The van der Waals surface area contributed by atoms with Gasteiger partial charge in [0.15, 0.2) is 0 Å². The predicted octanol–water partition coefficient (Wildman–Crippen LogP) is 1.98. The van der Waals surface area contributed by atoms with Crippen LogP contribution in [0.25, 0.3) is 0 Å². The number of hydrogen-bond acceptors (Lipinski definition) is 6. The Bertz CT molecular complexity index is 1030. The van der Waals surface area contributed by atoms with Crippen LogP contribution < -0.4 is 10.5 Å². The molecule has 2 aromatic rings. The van der Waals surface area contributed by atoms with E-state index in [1.807, 2.05) is 20.8 Å². The van der Waals surface area contributed by atoms with Crippen LogP contribution >= 0.6 is 11.8 Å². The molecule has 28 heavy (non-hydrogen) atoms. The van der Waals surface area contributed by atoms with E-state index >= 15 is 0 Å². The lowest BCUT2D eigenvalue weighted by atomic mass is 10.1. The van der Waals surface area contributed by atoms with Crippen LogP contribution in [0.3, 0.4) is 0 Å². The largest absolute Gasteiger partial charge is 0.355 e. The van der Waals surface area contributed by atoms with Gasteiger partial charge in [-0.25, -0.2) is 18.5 Å². The number of nitriles is 1. The van der Waals surface area contributed by atoms with Crippen LogP contribution in [-0.4, -0.2) is 31.6 Å². The van der Waals surface area contributed by atoms with E-state index in [1.54, 1.807) is 12.1 Å². The number of nitrogens with zero attached hydrogens (tertiary/aromatic N) is 2. The lowest BCUT2D eigenvalue weighted by Crippen LogP contribution is -2.27. The van der Waals surface area contributed by atoms with Crippen molar-refractivity contribution in [2.45, 2.75) is 37.1 Å². The zero-order valence-electron chi connectivity index (χ0n) is 15.9. The monoisotopic (exact) mass is 418 g/mol. The number of primary sulfonamides is 1. The van der Waals surface area contributed by atoms with Gasteiger partial charge in [0.2, 0.25) is 15.9 Å². The van der Waals surface area contributed by atoms with E-state index in [9.17, 15) is 18.5 Å². The molecule has 3 N–H and O–H groups in total. The van der Waals surface area contributed by atoms with Gasteiger partial charge in [0.1, 0.15) is 11.1 Å². The smallest absolute Gasteiger partial charge is 0.238 e. The number of aryl methyl sites for hydroxylation is 1. The van der Waals surface area contributed by atoms with Gasteiger partial charge in [0.05, 0.1) is 16.2 Å². The van der Waals surface area contributed by atoms with Crippen LogP contribution in [-0.2, 0) is 21.2 Å². The van der Waals surface area contributed by atoms with Gasteiger partial charge in [0.25, 0.3) is 0 Å². The van der Waals surface area contributed by atoms with Gasteiger partial charge in [-0.2, -0.15) is 5.26 Å². The third kappa shape index (κ3) is 5.55. The normalized spacial score (nSPS) is 11.1. The molecule has 0 aliphatic rings. The van der Waals surface area contributed by atoms with Gasteiger partial charge in [-0.15, -0.1) is 0 Å². The SMILES string of the molecule is Cc1nc(SCC(=O)NCCc2ccc(S(N)(=O)=O)cc2)c(C#N)c(C)c1C. The average Bonchev–Trinajstić information content (AvgIpc) is 2.64. The zero-order valence-corrected chi connectivity index (χ0v) is 17.6. The fraction of sp³-hybridized carbons (Fsp3) is 0.316. The molecule has 0 unspecified atom stereocenters. The lowest BCUT2D eigenvalue weighted by molar-refractivity contribution is -0.118. The van der Waals surface area contributed by atoms with Crippen LogP contribution in [0.2, 0.25) is 0 Å². The van der Waals surface area contributed by atoms with E-state index in [1.165, 1.54) is 23.9 Å². The maximum Gasteiger partial charge on any atom is 0.238 e. The summed E-state index contributed by atoms with van der Waals surface area (Å²) >= 11 is 1.24. The highest BCUT2D eigenvalue weighted by Gasteiger charge is 2.14. The van der Waals surface area contributed by atoms with E-state index in [0.29, 0.717) is 23.6 Å². The highest BCUT2D eigenvalue weighted by Crippen LogP contribution is 2.26. The number of amides is 1. The molecular formula is C19H22N4O3S2. The topological polar surface area (TPSA) is 126 Å². The Morgan fingerprint density at radius 3 is 2.43 bits per heavy atom. The standard InChI is InChI=1S/C19H22N4O3S2/c1-12-13(2)17(10-20)19(23-14(12)3)27-11-18(24)22-9-8-15-4-6-16(7-5-15)28(21,25)26/h4-7H,8-9,11H2,1-3H3,(H,22,24)(H2,21,25,26). The van der Waals surface area contributed by atoms with Crippen LogP contribution in [0.4, 0.5) is 0 Å². The number of carbonyl (C=O) groups excluding carboxylic acids is 1. The maximum absolute atomic E-state index is 12.1. The predicted molar refractivity (Wildman–Crippen MR) is 108 cm³/mol. The third-order valence-electron chi connectivity index (χ3n) is 4.40. The third-order valence-corrected chi connectivity index (χ3v) is 6.31. The van der Waals surface area contributed by atoms with Gasteiger partial charge in [0, 0.05) is 12.2 Å². The molecule has 0 radical (unpaired) electrons. The molecule has 7 nitrogen and oxygen atoms in total. The van der Waals surface area contributed by atoms with Crippen molar-refractivity contribution in [3.05, 3.63) is 52.2 Å². The second-order valence-electron chi connectivity index (χ2n) is 6.32. The summed E-state index contributed by atoms with van der Waals surface area (Å²) in [6, 6.07) is 8.39. The van der Waals surface area contributed by atoms with E-state index in [-0.39, 0.29) is 16.6 Å². The second kappa shape index (κ2) is 9.19. The molecule has 2 rings (SSSR count). The molecule has 1 amide bonds. The number of nitrogens with two attached hydrogens (primary N) is 1. The summed E-state index contributed by atoms with van der Waals surface area (Å²) < 4.78 is 22.5. The van der Waals surface area contributed by atoms with Gasteiger partial charge in [-0.1, -0.05) is 23.9 Å². The summed E-state index contributed by atoms with van der Waals surface area (Å²) in [4.78, 5) is 16.6. The first-order valence-electron chi connectivity index (χ1n) is 8.52. The Kier molecular flexibility index (Phi) is 7.18. The van der Waals surface area contributed by atoms with Crippen molar-refractivity contribution in [2.75, 3.05) is 12.3 Å². The molecule has 9 heteroatoms. The van der Waals surface area contributed by atoms with Crippen molar-refractivity contribution < 1.29 is 13.2 Å². The second-order valence-corrected chi connectivity index (χ2v) is 8.84. The lowest BCUT2D eigenvalue weighted by Gasteiger charge is -2.11. The molecule has 0 bridgehead atoms. The van der Waals surface area contributed by atoms with Crippen LogP contribution in [0.5, 0.6) is 0 Å². The number of hydrogen-bond donors (Lipinski definition) is 2. The van der Waals surface area contributed by atoms with E-state index in [2.05, 4.69) is 16.4 Å². The molecule has 148 valence electrons. The van der Waals surface area contributed by atoms with Gasteiger partial charge < -0.3 is 5.32 Å². The van der Waals surface area contributed by atoms with Gasteiger partial charge >= 0.3 is 0 Å². The minimum Gasteiger partial charge on any atom is -0.355 e. The zero-order chi connectivity index (χ0) is 20.9. The summed E-state index contributed by atoms with van der Waals surface area (Å²) in [6.07, 6.45) is 0.561. The number of aromatic nitrogens is 1. The number of sulfonamides is 1. The fourth-order valence-electron chi connectivity index (χ4n) is 2.52. The molecule has 0 aliphatic carbocycles. The summed E-state index contributed by atoms with van der Waals surface area (Å²) in [5.41, 5.74) is 4.12. The van der Waals surface area contributed by atoms with Crippen molar-refractivity contribution in [1.82, 2.24) is 10.3 Å². The summed E-state index contributed by atoms with van der Waals surface area (Å²) in [7, 11) is -3.70. The molecule has 1 aromatic heterocycles. The molecule has 0 spiro atoms. The number of nitrogens with one attached hydrogen (secondary N) is 1. The van der Waals surface area contributed by atoms with E-state index < -0.39 is 10.0 Å².